The molecule has 7 nitrogen and oxygen atoms in total. The van der Waals surface area contributed by atoms with Crippen LogP contribution in [0.5, 0.6) is 5.75 Å². The van der Waals surface area contributed by atoms with Crippen LogP contribution in [0.25, 0.3) is 22.1 Å². The molecule has 0 bridgehead atoms. The number of nitrogens with one attached hydrogen (secondary N) is 1. The summed E-state index contributed by atoms with van der Waals surface area (Å²) in [5.41, 5.74) is 1.82. The molecule has 2 aromatic carbocycles. The van der Waals surface area contributed by atoms with E-state index in [-0.39, 0.29) is 29.6 Å². The van der Waals surface area contributed by atoms with Crippen LogP contribution in [0.2, 0.25) is 0 Å². The fourth-order valence-corrected chi connectivity index (χ4v) is 3.27. The van der Waals surface area contributed by atoms with Gasteiger partial charge in [0.2, 0.25) is 11.5 Å². The Kier molecular flexibility index (Phi) is 5.03. The molecule has 0 saturated heterocycles. The number of fused-ring (bicyclic) bond motifs is 3. The van der Waals surface area contributed by atoms with Gasteiger partial charge in [0.25, 0.3) is 5.56 Å². The molecule has 0 aliphatic rings. The van der Waals surface area contributed by atoms with Crippen molar-refractivity contribution in [1.82, 2.24) is 14.9 Å². The van der Waals surface area contributed by atoms with Crippen molar-refractivity contribution in [3.05, 3.63) is 70.8 Å². The predicted octanol–water partition coefficient (Wildman–Crippen LogP) is 3.42. The Hall–Kier alpha value is -3.61. The third-order valence-electron chi connectivity index (χ3n) is 4.73. The first kappa shape index (κ1) is 18.7. The molecular weight excluding hydrogens is 370 g/mol. The Labute approximate surface area is 166 Å². The van der Waals surface area contributed by atoms with Gasteiger partial charge >= 0.3 is 0 Å². The summed E-state index contributed by atoms with van der Waals surface area (Å²) in [6.07, 6.45) is 1.38. The maximum absolute atomic E-state index is 12.7. The van der Waals surface area contributed by atoms with Crippen molar-refractivity contribution in [2.75, 3.05) is 6.61 Å². The third-order valence-corrected chi connectivity index (χ3v) is 4.73. The van der Waals surface area contributed by atoms with Gasteiger partial charge in [-0.25, -0.2) is 4.98 Å². The van der Waals surface area contributed by atoms with E-state index >= 15 is 0 Å². The van der Waals surface area contributed by atoms with E-state index in [9.17, 15) is 9.59 Å². The van der Waals surface area contributed by atoms with E-state index in [0.717, 1.165) is 16.7 Å². The molecule has 1 amide bonds. The van der Waals surface area contributed by atoms with E-state index in [1.54, 1.807) is 6.07 Å². The zero-order valence-electron chi connectivity index (χ0n) is 16.2. The lowest BCUT2D eigenvalue weighted by Gasteiger charge is -2.15. The van der Waals surface area contributed by atoms with Crippen LogP contribution in [0.3, 0.4) is 0 Å². The Balaban J connectivity index is 1.50. The second kappa shape index (κ2) is 7.79. The smallest absolute Gasteiger partial charge is 0.297 e. The van der Waals surface area contributed by atoms with Crippen LogP contribution in [0.4, 0.5) is 0 Å². The van der Waals surface area contributed by atoms with Crippen molar-refractivity contribution in [3.63, 3.8) is 0 Å². The fraction of sp³-hybridized carbons (Fsp3) is 0.227. The minimum absolute atomic E-state index is 0.139. The molecule has 0 saturated carbocycles. The number of aromatic nitrogens is 2. The molecular formula is C22H21N3O4. The minimum Gasteiger partial charge on any atom is -0.494 e. The van der Waals surface area contributed by atoms with Crippen LogP contribution in [-0.4, -0.2) is 22.1 Å². The molecule has 0 fully saturated rings. The summed E-state index contributed by atoms with van der Waals surface area (Å²) in [5.74, 6) is 0.497. The van der Waals surface area contributed by atoms with Crippen LogP contribution in [0, 0.1) is 0 Å². The molecule has 1 N–H and O–H groups in total. The lowest BCUT2D eigenvalue weighted by molar-refractivity contribution is -0.122. The number of benzene rings is 2. The van der Waals surface area contributed by atoms with Gasteiger partial charge in [0, 0.05) is 5.39 Å². The van der Waals surface area contributed by atoms with Gasteiger partial charge in [-0.05, 0) is 43.7 Å². The molecule has 2 heterocycles. The molecule has 4 rings (SSSR count). The van der Waals surface area contributed by atoms with Crippen molar-refractivity contribution < 1.29 is 13.9 Å². The number of para-hydroxylation sites is 1. The van der Waals surface area contributed by atoms with Gasteiger partial charge in [-0.3, -0.25) is 14.2 Å². The Morgan fingerprint density at radius 2 is 1.97 bits per heavy atom. The number of amides is 1. The van der Waals surface area contributed by atoms with E-state index in [1.807, 2.05) is 56.3 Å². The standard InChI is InChI=1S/C22H21N3O4/c1-3-28-16-10-8-15(9-11-16)14(2)24-19(26)12-25-13-23-20-17-6-4-5-7-18(17)29-21(20)22(25)27/h4-11,13-14H,3,12H2,1-2H3,(H,24,26). The number of hydrogen-bond donors (Lipinski definition) is 1. The molecule has 0 radical (unpaired) electrons. The summed E-state index contributed by atoms with van der Waals surface area (Å²) in [6.45, 7) is 4.28. The molecule has 2 aromatic heterocycles. The van der Waals surface area contributed by atoms with Crippen molar-refractivity contribution in [2.24, 2.45) is 0 Å². The van der Waals surface area contributed by atoms with Crippen LogP contribution < -0.4 is 15.6 Å². The first-order chi connectivity index (χ1) is 14.1. The highest BCUT2D eigenvalue weighted by atomic mass is 16.5. The average molecular weight is 391 g/mol. The molecule has 0 aliphatic heterocycles. The zero-order valence-corrected chi connectivity index (χ0v) is 16.2. The molecule has 1 unspecified atom stereocenters. The SMILES string of the molecule is CCOc1ccc(C(C)NC(=O)Cn2cnc3c(oc4ccccc43)c2=O)cc1. The molecule has 148 valence electrons. The van der Waals surface area contributed by atoms with E-state index in [2.05, 4.69) is 10.3 Å². The summed E-state index contributed by atoms with van der Waals surface area (Å²) in [6, 6.07) is 14.7. The molecule has 0 spiro atoms. The lowest BCUT2D eigenvalue weighted by Crippen LogP contribution is -2.33. The van der Waals surface area contributed by atoms with Crippen molar-refractivity contribution in [1.29, 1.82) is 0 Å². The monoisotopic (exact) mass is 391 g/mol. The number of nitrogens with zero attached hydrogens (tertiary/aromatic N) is 2. The summed E-state index contributed by atoms with van der Waals surface area (Å²) < 4.78 is 12.3. The maximum atomic E-state index is 12.7. The zero-order chi connectivity index (χ0) is 20.4. The normalized spacial score (nSPS) is 12.2. The van der Waals surface area contributed by atoms with Crippen LogP contribution in [0.15, 0.2) is 64.1 Å². The third kappa shape index (κ3) is 3.71. The maximum Gasteiger partial charge on any atom is 0.297 e. The highest BCUT2D eigenvalue weighted by Gasteiger charge is 2.16. The average Bonchev–Trinajstić information content (AvgIpc) is 3.10. The number of carbonyl (C=O) groups is 1. The topological polar surface area (TPSA) is 86.4 Å². The second-order valence-electron chi connectivity index (χ2n) is 6.74. The van der Waals surface area contributed by atoms with Crippen molar-refractivity contribution >= 4 is 28.0 Å². The number of rotatable bonds is 6. The summed E-state index contributed by atoms with van der Waals surface area (Å²) in [4.78, 5) is 29.5. The highest BCUT2D eigenvalue weighted by molar-refractivity contribution is 6.01. The van der Waals surface area contributed by atoms with Gasteiger partial charge in [0.05, 0.1) is 19.0 Å². The lowest BCUT2D eigenvalue weighted by atomic mass is 10.1. The second-order valence-corrected chi connectivity index (χ2v) is 6.74. The van der Waals surface area contributed by atoms with Gasteiger partial charge in [-0.15, -0.1) is 0 Å². The van der Waals surface area contributed by atoms with Crippen molar-refractivity contribution in [3.8, 4) is 5.75 Å². The summed E-state index contributed by atoms with van der Waals surface area (Å²) in [7, 11) is 0. The number of carbonyl (C=O) groups excluding carboxylic acids is 1. The largest absolute Gasteiger partial charge is 0.494 e. The summed E-state index contributed by atoms with van der Waals surface area (Å²) >= 11 is 0. The van der Waals surface area contributed by atoms with Gasteiger partial charge in [-0.1, -0.05) is 24.3 Å². The van der Waals surface area contributed by atoms with Crippen LogP contribution in [0.1, 0.15) is 25.5 Å². The predicted molar refractivity (Wildman–Crippen MR) is 110 cm³/mol. The fourth-order valence-electron chi connectivity index (χ4n) is 3.27. The highest BCUT2D eigenvalue weighted by Crippen LogP contribution is 2.24. The van der Waals surface area contributed by atoms with E-state index < -0.39 is 0 Å². The quantitative estimate of drug-likeness (QED) is 0.544. The molecule has 1 atom stereocenters. The molecule has 0 aliphatic carbocycles. The van der Waals surface area contributed by atoms with Crippen molar-refractivity contribution in [2.45, 2.75) is 26.4 Å². The number of furan rings is 1. The van der Waals surface area contributed by atoms with Crippen LogP contribution >= 0.6 is 0 Å². The van der Waals surface area contributed by atoms with Gasteiger partial charge in [0.15, 0.2) is 0 Å². The van der Waals surface area contributed by atoms with E-state index in [1.165, 1.54) is 10.9 Å². The van der Waals surface area contributed by atoms with Crippen LogP contribution in [-0.2, 0) is 11.3 Å². The molecule has 4 aromatic rings. The Morgan fingerprint density at radius 1 is 1.21 bits per heavy atom. The summed E-state index contributed by atoms with van der Waals surface area (Å²) in [5, 5.41) is 3.68. The van der Waals surface area contributed by atoms with E-state index in [0.29, 0.717) is 17.7 Å². The number of ether oxygens (including phenoxy) is 1. The van der Waals surface area contributed by atoms with Gasteiger partial charge in [0.1, 0.15) is 23.4 Å². The molecule has 29 heavy (non-hydrogen) atoms. The van der Waals surface area contributed by atoms with E-state index in [4.69, 9.17) is 9.15 Å². The van der Waals surface area contributed by atoms with Gasteiger partial charge in [-0.2, -0.15) is 0 Å². The molecule has 7 heteroatoms. The minimum atomic E-state index is -0.380. The Morgan fingerprint density at radius 3 is 2.72 bits per heavy atom. The Bertz CT molecular complexity index is 1220. The first-order valence-electron chi connectivity index (χ1n) is 9.45. The van der Waals surface area contributed by atoms with Gasteiger partial charge < -0.3 is 14.5 Å². The first-order valence-corrected chi connectivity index (χ1v) is 9.45. The number of hydrogen-bond acceptors (Lipinski definition) is 5.